The molecule has 2 aromatic rings. The van der Waals surface area contributed by atoms with E-state index in [0.717, 1.165) is 17.3 Å². The van der Waals surface area contributed by atoms with Crippen LogP contribution in [0.3, 0.4) is 0 Å². The van der Waals surface area contributed by atoms with Gasteiger partial charge in [-0.2, -0.15) is 0 Å². The average Bonchev–Trinajstić information content (AvgIpc) is 2.64. The number of nitrogens with zero attached hydrogens (tertiary/aromatic N) is 5. The average molecular weight is 320 g/mol. The fraction of sp³-hybridized carbons (Fsp3) is 0.118. The van der Waals surface area contributed by atoms with E-state index in [1.807, 2.05) is 59.4 Å². The Kier molecular flexibility index (Phi) is 4.58. The number of hydrazine groups is 1. The largest absolute Gasteiger partial charge is 0.388 e. The van der Waals surface area contributed by atoms with E-state index < -0.39 is 0 Å². The lowest BCUT2D eigenvalue weighted by Crippen LogP contribution is -2.47. The van der Waals surface area contributed by atoms with Gasteiger partial charge in [0.1, 0.15) is 18.8 Å². The summed E-state index contributed by atoms with van der Waals surface area (Å²) in [4.78, 5) is 10.5. The maximum atomic E-state index is 8.52. The van der Waals surface area contributed by atoms with E-state index in [0.29, 0.717) is 12.4 Å². The molecule has 120 valence electrons. The molecule has 0 aromatic heterocycles. The molecule has 0 saturated heterocycles. The number of benzene rings is 2. The number of anilines is 2. The van der Waals surface area contributed by atoms with E-state index in [1.54, 1.807) is 24.7 Å². The molecular weight excluding hydrogens is 304 g/mol. The van der Waals surface area contributed by atoms with Crippen LogP contribution >= 0.6 is 0 Å². The van der Waals surface area contributed by atoms with Gasteiger partial charge in [-0.15, -0.1) is 5.26 Å². The van der Waals surface area contributed by atoms with Gasteiger partial charge in [0.25, 0.3) is 6.26 Å². The summed E-state index contributed by atoms with van der Waals surface area (Å²) in [6.45, 7) is 0.437. The molecule has 0 atom stereocenters. The number of aliphatic imine (C=N–C) groups is 2. The molecule has 2 aromatic carbocycles. The lowest BCUT2D eigenvalue weighted by Gasteiger charge is -2.32. The standard InChI is InChI=1S/C17H16N6O/c1-22(15-5-3-2-4-6-15)17-20-12-19-13-23(17)21-14-7-9-16(10-8-14)24-11-18/h2-10,12,21H,13H2,1H3. The van der Waals surface area contributed by atoms with Crippen molar-refractivity contribution in [3.8, 4) is 12.0 Å². The second kappa shape index (κ2) is 7.15. The highest BCUT2D eigenvalue weighted by molar-refractivity contribution is 6.00. The highest BCUT2D eigenvalue weighted by Crippen LogP contribution is 2.18. The molecule has 0 spiro atoms. The third kappa shape index (κ3) is 3.44. The molecule has 1 aliphatic rings. The molecule has 0 amide bonds. The van der Waals surface area contributed by atoms with Crippen molar-refractivity contribution in [3.63, 3.8) is 0 Å². The molecule has 1 heterocycles. The third-order valence-corrected chi connectivity index (χ3v) is 3.44. The van der Waals surface area contributed by atoms with Gasteiger partial charge in [-0.25, -0.2) is 15.0 Å². The summed E-state index contributed by atoms with van der Waals surface area (Å²) < 4.78 is 4.78. The summed E-state index contributed by atoms with van der Waals surface area (Å²) in [5.41, 5.74) is 5.12. The lowest BCUT2D eigenvalue weighted by molar-refractivity contribution is 0.497. The molecule has 0 saturated carbocycles. The Labute approximate surface area is 140 Å². The van der Waals surface area contributed by atoms with Crippen LogP contribution < -0.4 is 15.1 Å². The number of nitrogens with one attached hydrogen (secondary N) is 1. The molecule has 0 radical (unpaired) electrons. The van der Waals surface area contributed by atoms with Crippen LogP contribution in [0.25, 0.3) is 0 Å². The second-order valence-corrected chi connectivity index (χ2v) is 5.02. The molecule has 7 heteroatoms. The van der Waals surface area contributed by atoms with Gasteiger partial charge >= 0.3 is 0 Å². The molecule has 0 bridgehead atoms. The van der Waals surface area contributed by atoms with Gasteiger partial charge < -0.3 is 9.64 Å². The summed E-state index contributed by atoms with van der Waals surface area (Å²) in [7, 11) is 1.95. The van der Waals surface area contributed by atoms with Crippen molar-refractivity contribution in [2.75, 3.05) is 24.0 Å². The Hall–Kier alpha value is -3.53. The molecule has 7 nitrogen and oxygen atoms in total. The number of rotatable bonds is 4. The summed E-state index contributed by atoms with van der Waals surface area (Å²) in [5.74, 6) is 1.23. The quantitative estimate of drug-likeness (QED) is 0.877. The maximum absolute atomic E-state index is 8.52. The van der Waals surface area contributed by atoms with Crippen LogP contribution in [0.4, 0.5) is 11.4 Å². The Morgan fingerprint density at radius 1 is 1.17 bits per heavy atom. The van der Waals surface area contributed by atoms with Gasteiger partial charge in [0.05, 0.1) is 5.69 Å². The highest BCUT2D eigenvalue weighted by Gasteiger charge is 2.19. The molecular formula is C17H16N6O. The normalized spacial score (nSPS) is 13.0. The van der Waals surface area contributed by atoms with Crippen molar-refractivity contribution < 1.29 is 4.74 Å². The van der Waals surface area contributed by atoms with Crippen molar-refractivity contribution in [1.29, 1.82) is 5.26 Å². The van der Waals surface area contributed by atoms with Gasteiger partial charge in [-0.3, -0.25) is 5.43 Å². The number of nitriles is 1. The fourth-order valence-corrected chi connectivity index (χ4v) is 2.27. The number of hydrogen-bond donors (Lipinski definition) is 1. The first-order chi connectivity index (χ1) is 11.8. The number of guanidine groups is 1. The zero-order chi connectivity index (χ0) is 16.8. The van der Waals surface area contributed by atoms with Crippen molar-refractivity contribution in [2.45, 2.75) is 0 Å². The van der Waals surface area contributed by atoms with Gasteiger partial charge in [0.2, 0.25) is 5.96 Å². The number of para-hydroxylation sites is 1. The predicted molar refractivity (Wildman–Crippen MR) is 93.8 cm³/mol. The zero-order valence-corrected chi connectivity index (χ0v) is 13.1. The van der Waals surface area contributed by atoms with Crippen LogP contribution in [0.15, 0.2) is 64.6 Å². The van der Waals surface area contributed by atoms with E-state index >= 15 is 0 Å². The van der Waals surface area contributed by atoms with Crippen LogP contribution in [-0.2, 0) is 0 Å². The van der Waals surface area contributed by atoms with Crippen LogP contribution in [0.1, 0.15) is 0 Å². The first kappa shape index (κ1) is 15.4. The maximum Gasteiger partial charge on any atom is 0.292 e. The van der Waals surface area contributed by atoms with E-state index in [4.69, 9.17) is 10.00 Å². The minimum atomic E-state index is 0.437. The minimum Gasteiger partial charge on any atom is -0.388 e. The molecule has 1 aliphatic heterocycles. The smallest absolute Gasteiger partial charge is 0.292 e. The highest BCUT2D eigenvalue weighted by atomic mass is 16.5. The molecule has 1 N–H and O–H groups in total. The van der Waals surface area contributed by atoms with E-state index in [2.05, 4.69) is 15.4 Å². The van der Waals surface area contributed by atoms with Gasteiger partial charge in [-0.1, -0.05) is 18.2 Å². The van der Waals surface area contributed by atoms with Gasteiger partial charge in [0.15, 0.2) is 0 Å². The van der Waals surface area contributed by atoms with Crippen LogP contribution in [0, 0.1) is 11.5 Å². The summed E-state index contributed by atoms with van der Waals surface area (Å²) >= 11 is 0. The zero-order valence-electron chi connectivity index (χ0n) is 13.1. The predicted octanol–water partition coefficient (Wildman–Crippen LogP) is 2.67. The lowest BCUT2D eigenvalue weighted by atomic mass is 10.3. The SMILES string of the molecule is CN(C1=NC=NCN1Nc1ccc(OC#N)cc1)c1ccccc1. The van der Waals surface area contributed by atoms with Crippen molar-refractivity contribution in [2.24, 2.45) is 9.98 Å². The first-order valence-corrected chi connectivity index (χ1v) is 7.33. The van der Waals surface area contributed by atoms with Crippen molar-refractivity contribution in [1.82, 2.24) is 5.01 Å². The molecule has 3 rings (SSSR count). The monoisotopic (exact) mass is 320 g/mol. The third-order valence-electron chi connectivity index (χ3n) is 3.44. The summed E-state index contributed by atoms with van der Waals surface area (Å²) in [6, 6.07) is 17.1. The van der Waals surface area contributed by atoms with Gasteiger partial charge in [0, 0.05) is 12.7 Å². The topological polar surface area (TPSA) is 76.2 Å². The van der Waals surface area contributed by atoms with Gasteiger partial charge in [-0.05, 0) is 36.4 Å². The first-order valence-electron chi connectivity index (χ1n) is 7.33. The molecule has 0 fully saturated rings. The second-order valence-electron chi connectivity index (χ2n) is 5.02. The number of hydrogen-bond acceptors (Lipinski definition) is 7. The Bertz CT molecular complexity index is 779. The number of ether oxygens (including phenoxy) is 1. The molecule has 0 unspecified atom stereocenters. The van der Waals surface area contributed by atoms with Crippen LogP contribution in [0.2, 0.25) is 0 Å². The Morgan fingerprint density at radius 3 is 2.62 bits per heavy atom. The summed E-state index contributed by atoms with van der Waals surface area (Å²) in [5, 5.41) is 10.4. The van der Waals surface area contributed by atoms with E-state index in [9.17, 15) is 0 Å². The van der Waals surface area contributed by atoms with Crippen molar-refractivity contribution in [3.05, 3.63) is 54.6 Å². The van der Waals surface area contributed by atoms with E-state index in [-0.39, 0.29) is 0 Å². The van der Waals surface area contributed by atoms with Crippen LogP contribution in [-0.4, -0.2) is 31.0 Å². The molecule has 0 aliphatic carbocycles. The molecule has 24 heavy (non-hydrogen) atoms. The minimum absolute atomic E-state index is 0.437. The van der Waals surface area contributed by atoms with Crippen molar-refractivity contribution >= 4 is 23.7 Å². The summed E-state index contributed by atoms with van der Waals surface area (Å²) in [6.07, 6.45) is 3.20. The van der Waals surface area contributed by atoms with Crippen LogP contribution in [0.5, 0.6) is 5.75 Å². The Morgan fingerprint density at radius 2 is 1.92 bits per heavy atom. The van der Waals surface area contributed by atoms with E-state index in [1.165, 1.54) is 0 Å². The Balaban J connectivity index is 1.76. The fourth-order valence-electron chi connectivity index (χ4n) is 2.27.